The molecule has 4 heteroatoms. The molecule has 0 spiro atoms. The Bertz CT molecular complexity index is 3660. The Kier molecular flexibility index (Phi) is 9.24. The zero-order valence-electron chi connectivity index (χ0n) is 36.1. The zero-order valence-corrected chi connectivity index (χ0v) is 36.1. The third-order valence-electron chi connectivity index (χ3n) is 12.8. The molecule has 0 fully saturated rings. The van der Waals surface area contributed by atoms with Gasteiger partial charge >= 0.3 is 0 Å². The summed E-state index contributed by atoms with van der Waals surface area (Å²) in [6.07, 6.45) is 0. The molecule has 0 saturated carbocycles. The number of aromatic nitrogens is 4. The number of para-hydroxylation sites is 3. The van der Waals surface area contributed by atoms with Gasteiger partial charge in [-0.3, -0.25) is 0 Å². The Morgan fingerprint density at radius 3 is 1.54 bits per heavy atom. The number of aryl methyl sites for hydroxylation is 2. The standard InChI is InChI=1S/C61H42N4/c1-39-20-24-44(25-21-39)53-38-54(63-61(62-53)47-26-22-40(2)23-27-47)45-34-30-42(31-35-45)41-28-32-43(33-29-41)49-17-11-18-51-50-36-37-56-57(58(50)59(64-60(49)51)46-12-5-3-6-13-46)52-16-9-10-19-55(52)65(56)48-14-7-4-8-15-48/h3-38H,1-2H3. The van der Waals surface area contributed by atoms with Crippen LogP contribution in [0.1, 0.15) is 11.1 Å². The van der Waals surface area contributed by atoms with Crippen molar-refractivity contribution in [2.45, 2.75) is 13.8 Å². The predicted molar refractivity (Wildman–Crippen MR) is 271 cm³/mol. The number of hydrogen-bond acceptors (Lipinski definition) is 3. The van der Waals surface area contributed by atoms with Crippen LogP contribution in [-0.2, 0) is 0 Å². The van der Waals surface area contributed by atoms with Crippen LogP contribution in [0, 0.1) is 13.8 Å². The van der Waals surface area contributed by atoms with Crippen LogP contribution in [0.2, 0.25) is 0 Å². The maximum atomic E-state index is 5.65. The van der Waals surface area contributed by atoms with Crippen molar-refractivity contribution in [2.24, 2.45) is 0 Å². The average molecular weight is 831 g/mol. The first-order valence-corrected chi connectivity index (χ1v) is 22.2. The van der Waals surface area contributed by atoms with Gasteiger partial charge in [-0.2, -0.15) is 0 Å². The van der Waals surface area contributed by atoms with Gasteiger partial charge < -0.3 is 4.57 Å². The van der Waals surface area contributed by atoms with E-state index in [9.17, 15) is 0 Å². The van der Waals surface area contributed by atoms with E-state index in [0.29, 0.717) is 5.82 Å². The Hall–Kier alpha value is -8.47. The Labute approximate surface area is 377 Å². The van der Waals surface area contributed by atoms with E-state index < -0.39 is 0 Å². The van der Waals surface area contributed by atoms with E-state index in [1.807, 2.05) is 0 Å². The second kappa shape index (κ2) is 15.7. The van der Waals surface area contributed by atoms with Crippen molar-refractivity contribution in [1.29, 1.82) is 0 Å². The van der Waals surface area contributed by atoms with E-state index in [2.05, 4.69) is 237 Å². The molecule has 306 valence electrons. The molecule has 4 nitrogen and oxygen atoms in total. The van der Waals surface area contributed by atoms with Crippen LogP contribution in [0.25, 0.3) is 117 Å². The fourth-order valence-corrected chi connectivity index (χ4v) is 9.45. The quantitative estimate of drug-likeness (QED) is 0.150. The molecule has 0 aliphatic heterocycles. The van der Waals surface area contributed by atoms with E-state index in [0.717, 1.165) is 78.2 Å². The fraction of sp³-hybridized carbons (Fsp3) is 0.0328. The van der Waals surface area contributed by atoms with Crippen LogP contribution < -0.4 is 0 Å². The Balaban J connectivity index is 0.945. The molecule has 0 aliphatic carbocycles. The summed E-state index contributed by atoms with van der Waals surface area (Å²) in [6.45, 7) is 4.20. The van der Waals surface area contributed by atoms with Gasteiger partial charge in [0.15, 0.2) is 5.82 Å². The minimum Gasteiger partial charge on any atom is -0.309 e. The molecule has 3 aromatic heterocycles. The molecule has 0 atom stereocenters. The highest BCUT2D eigenvalue weighted by molar-refractivity contribution is 6.29. The summed E-state index contributed by atoms with van der Waals surface area (Å²) in [5.74, 6) is 0.716. The molecule has 0 aliphatic rings. The van der Waals surface area contributed by atoms with Crippen molar-refractivity contribution in [3.63, 3.8) is 0 Å². The first-order valence-electron chi connectivity index (χ1n) is 22.2. The molecular weight excluding hydrogens is 789 g/mol. The highest BCUT2D eigenvalue weighted by Crippen LogP contribution is 2.44. The third-order valence-corrected chi connectivity index (χ3v) is 12.8. The van der Waals surface area contributed by atoms with Crippen molar-refractivity contribution in [2.75, 3.05) is 0 Å². The minimum atomic E-state index is 0.716. The molecule has 12 aromatic rings. The number of pyridine rings is 1. The fourth-order valence-electron chi connectivity index (χ4n) is 9.45. The van der Waals surface area contributed by atoms with Gasteiger partial charge in [-0.05, 0) is 66.3 Å². The van der Waals surface area contributed by atoms with Crippen molar-refractivity contribution in [1.82, 2.24) is 19.5 Å². The summed E-state index contributed by atoms with van der Waals surface area (Å²) in [5, 5.41) is 5.93. The Morgan fingerprint density at radius 1 is 0.338 bits per heavy atom. The number of nitrogens with zero attached hydrogens (tertiary/aromatic N) is 4. The summed E-state index contributed by atoms with van der Waals surface area (Å²) in [4.78, 5) is 15.8. The normalized spacial score (nSPS) is 11.5. The predicted octanol–water partition coefficient (Wildman–Crippen LogP) is 15.9. The molecule has 12 rings (SSSR count). The van der Waals surface area contributed by atoms with Crippen molar-refractivity contribution in [3.05, 3.63) is 230 Å². The highest BCUT2D eigenvalue weighted by Gasteiger charge is 2.21. The number of rotatable bonds is 7. The van der Waals surface area contributed by atoms with E-state index >= 15 is 0 Å². The van der Waals surface area contributed by atoms with Crippen molar-refractivity contribution < 1.29 is 0 Å². The van der Waals surface area contributed by atoms with Crippen LogP contribution in [-0.4, -0.2) is 19.5 Å². The van der Waals surface area contributed by atoms with Gasteiger partial charge in [-0.15, -0.1) is 0 Å². The molecule has 0 saturated heterocycles. The lowest BCUT2D eigenvalue weighted by Crippen LogP contribution is -1.96. The minimum absolute atomic E-state index is 0.716. The highest BCUT2D eigenvalue weighted by atomic mass is 15.0. The first kappa shape index (κ1) is 38.2. The number of fused-ring (bicyclic) bond motifs is 7. The summed E-state index contributed by atoms with van der Waals surface area (Å²) in [7, 11) is 0. The van der Waals surface area contributed by atoms with Crippen LogP contribution in [0.15, 0.2) is 218 Å². The first-order chi connectivity index (χ1) is 32.0. The summed E-state index contributed by atoms with van der Waals surface area (Å²) in [5.41, 5.74) is 18.4. The SMILES string of the molecule is Cc1ccc(-c2cc(-c3ccc(-c4ccc(-c5cccc6c5nc(-c5ccccc5)c5c6ccc6c5c5ccccc5n6-c5ccccc5)cc4)cc3)nc(-c3ccc(C)cc3)n2)cc1. The van der Waals surface area contributed by atoms with Crippen LogP contribution >= 0.6 is 0 Å². The van der Waals surface area contributed by atoms with E-state index in [4.69, 9.17) is 15.0 Å². The molecule has 3 heterocycles. The van der Waals surface area contributed by atoms with Crippen molar-refractivity contribution >= 4 is 43.5 Å². The third kappa shape index (κ3) is 6.75. The van der Waals surface area contributed by atoms with Gasteiger partial charge in [0.1, 0.15) is 0 Å². The largest absolute Gasteiger partial charge is 0.309 e. The summed E-state index contributed by atoms with van der Waals surface area (Å²) in [6, 6.07) is 78.0. The summed E-state index contributed by atoms with van der Waals surface area (Å²) >= 11 is 0. The van der Waals surface area contributed by atoms with Crippen LogP contribution in [0.4, 0.5) is 0 Å². The topological polar surface area (TPSA) is 43.6 Å². The van der Waals surface area contributed by atoms with Gasteiger partial charge in [0.2, 0.25) is 0 Å². The van der Waals surface area contributed by atoms with Gasteiger partial charge in [0.25, 0.3) is 0 Å². The lowest BCUT2D eigenvalue weighted by molar-refractivity contribution is 1.18. The summed E-state index contributed by atoms with van der Waals surface area (Å²) < 4.78 is 2.38. The van der Waals surface area contributed by atoms with Crippen LogP contribution in [0.5, 0.6) is 0 Å². The molecule has 0 unspecified atom stereocenters. The smallest absolute Gasteiger partial charge is 0.160 e. The molecule has 0 radical (unpaired) electrons. The van der Waals surface area contributed by atoms with E-state index in [1.165, 1.54) is 43.7 Å². The Morgan fingerprint density at radius 2 is 0.877 bits per heavy atom. The lowest BCUT2D eigenvalue weighted by atomic mass is 9.93. The molecule has 9 aromatic carbocycles. The van der Waals surface area contributed by atoms with Gasteiger partial charge in [0.05, 0.1) is 33.6 Å². The maximum Gasteiger partial charge on any atom is 0.160 e. The van der Waals surface area contributed by atoms with Gasteiger partial charge in [-0.1, -0.05) is 199 Å². The van der Waals surface area contributed by atoms with Crippen molar-refractivity contribution in [3.8, 4) is 73.1 Å². The molecular formula is C61H42N4. The van der Waals surface area contributed by atoms with E-state index in [1.54, 1.807) is 0 Å². The second-order valence-electron chi connectivity index (χ2n) is 16.9. The lowest BCUT2D eigenvalue weighted by Gasteiger charge is -2.15. The maximum absolute atomic E-state index is 5.65. The molecule has 0 bridgehead atoms. The average Bonchev–Trinajstić information content (AvgIpc) is 3.71. The van der Waals surface area contributed by atoms with Gasteiger partial charge in [-0.25, -0.2) is 15.0 Å². The van der Waals surface area contributed by atoms with Crippen LogP contribution in [0.3, 0.4) is 0 Å². The molecule has 65 heavy (non-hydrogen) atoms. The number of hydrogen-bond donors (Lipinski definition) is 0. The zero-order chi connectivity index (χ0) is 43.4. The van der Waals surface area contributed by atoms with E-state index in [-0.39, 0.29) is 0 Å². The molecule has 0 amide bonds. The second-order valence-corrected chi connectivity index (χ2v) is 16.9. The molecule has 0 N–H and O–H groups in total. The van der Waals surface area contributed by atoms with Gasteiger partial charge in [0, 0.05) is 55.0 Å². The monoisotopic (exact) mass is 830 g/mol. The number of benzene rings is 9.